The van der Waals surface area contributed by atoms with Crippen LogP contribution in [0.5, 0.6) is 0 Å². The van der Waals surface area contributed by atoms with E-state index in [-0.39, 0.29) is 23.9 Å². The summed E-state index contributed by atoms with van der Waals surface area (Å²) in [7, 11) is 0. The van der Waals surface area contributed by atoms with Gasteiger partial charge in [0.15, 0.2) is 0 Å². The first kappa shape index (κ1) is 12.0. The van der Waals surface area contributed by atoms with Crippen molar-refractivity contribution in [2.24, 2.45) is 0 Å². The Hall–Kier alpha value is -2.48. The number of nitrogens with zero attached hydrogens (tertiary/aromatic N) is 2. The Morgan fingerprint density at radius 1 is 1.44 bits per heavy atom. The largest absolute Gasteiger partial charge is 0.480 e. The maximum Gasteiger partial charge on any atom is 0.329 e. The third-order valence-corrected chi connectivity index (χ3v) is 1.92. The molecule has 8 nitrogen and oxygen atoms in total. The average Bonchev–Trinajstić information content (AvgIpc) is 2.77. The summed E-state index contributed by atoms with van der Waals surface area (Å²) < 4.78 is 9.98. The predicted octanol–water partition coefficient (Wildman–Crippen LogP) is 0.0261. The molecule has 2 aromatic heterocycles. The third-order valence-electron chi connectivity index (χ3n) is 1.92. The Bertz CT molecular complexity index is 603. The Morgan fingerprint density at radius 2 is 2.28 bits per heavy atom. The standard InChI is InChI=1S/C10H9N3O5/c14-7-3-1-2-6(11-7)10-13-12-8(18-10)4-17-5-9(15)16/h1-3H,4-5H2,(H,11,14)(H,15,16). The summed E-state index contributed by atoms with van der Waals surface area (Å²) in [4.78, 5) is 23.8. The average molecular weight is 251 g/mol. The zero-order chi connectivity index (χ0) is 13.0. The quantitative estimate of drug-likeness (QED) is 0.769. The summed E-state index contributed by atoms with van der Waals surface area (Å²) in [5.74, 6) is -0.806. The number of hydrogen-bond acceptors (Lipinski definition) is 6. The number of aromatic nitrogens is 3. The second-order valence-corrected chi connectivity index (χ2v) is 3.32. The minimum Gasteiger partial charge on any atom is -0.480 e. The Labute approximate surface area is 100 Å². The van der Waals surface area contributed by atoms with E-state index in [9.17, 15) is 9.59 Å². The van der Waals surface area contributed by atoms with Gasteiger partial charge in [-0.2, -0.15) is 0 Å². The van der Waals surface area contributed by atoms with Crippen molar-refractivity contribution in [3.8, 4) is 11.6 Å². The van der Waals surface area contributed by atoms with E-state index in [0.29, 0.717) is 5.69 Å². The number of H-pyrrole nitrogens is 1. The van der Waals surface area contributed by atoms with Gasteiger partial charge in [0.05, 0.1) is 0 Å². The van der Waals surface area contributed by atoms with Crippen LogP contribution in [0.2, 0.25) is 0 Å². The molecule has 0 radical (unpaired) electrons. The first-order valence-corrected chi connectivity index (χ1v) is 4.97. The summed E-state index contributed by atoms with van der Waals surface area (Å²) in [6, 6.07) is 4.52. The van der Waals surface area contributed by atoms with E-state index < -0.39 is 12.6 Å². The highest BCUT2D eigenvalue weighted by atomic mass is 16.5. The highest BCUT2D eigenvalue weighted by molar-refractivity contribution is 5.67. The Morgan fingerprint density at radius 3 is 3.00 bits per heavy atom. The fourth-order valence-corrected chi connectivity index (χ4v) is 1.22. The van der Waals surface area contributed by atoms with Crippen LogP contribution < -0.4 is 5.56 Å². The first-order valence-electron chi connectivity index (χ1n) is 4.97. The first-order chi connectivity index (χ1) is 8.65. The number of nitrogens with one attached hydrogen (secondary N) is 1. The van der Waals surface area contributed by atoms with Gasteiger partial charge >= 0.3 is 5.97 Å². The lowest BCUT2D eigenvalue weighted by Crippen LogP contribution is -2.06. The van der Waals surface area contributed by atoms with Crippen LogP contribution in [0, 0.1) is 0 Å². The molecule has 2 N–H and O–H groups in total. The molecule has 0 fully saturated rings. The van der Waals surface area contributed by atoms with Gasteiger partial charge in [-0.3, -0.25) is 4.79 Å². The summed E-state index contributed by atoms with van der Waals surface area (Å²) in [5, 5.41) is 15.7. The van der Waals surface area contributed by atoms with E-state index in [1.54, 1.807) is 12.1 Å². The maximum atomic E-state index is 11.1. The molecule has 0 unspecified atom stereocenters. The number of ether oxygens (including phenoxy) is 1. The fourth-order valence-electron chi connectivity index (χ4n) is 1.22. The number of aliphatic carboxylic acids is 1. The summed E-state index contributed by atoms with van der Waals surface area (Å²) in [6.45, 7) is -0.545. The van der Waals surface area contributed by atoms with Crippen molar-refractivity contribution < 1.29 is 19.1 Å². The molecule has 0 spiro atoms. The molecule has 2 rings (SSSR count). The van der Waals surface area contributed by atoms with E-state index >= 15 is 0 Å². The highest BCUT2D eigenvalue weighted by Gasteiger charge is 2.09. The molecule has 0 bridgehead atoms. The summed E-state index contributed by atoms with van der Waals surface area (Å²) in [6.07, 6.45) is 0. The molecule has 0 saturated carbocycles. The van der Waals surface area contributed by atoms with Crippen LogP contribution in [0.15, 0.2) is 27.4 Å². The number of carboxylic acid groups (broad SMARTS) is 1. The molecule has 0 saturated heterocycles. The van der Waals surface area contributed by atoms with E-state index in [0.717, 1.165) is 0 Å². The van der Waals surface area contributed by atoms with Gasteiger partial charge in [-0.1, -0.05) is 6.07 Å². The van der Waals surface area contributed by atoms with Crippen LogP contribution in [-0.2, 0) is 16.1 Å². The van der Waals surface area contributed by atoms with Crippen molar-refractivity contribution in [2.45, 2.75) is 6.61 Å². The lowest BCUT2D eigenvalue weighted by Gasteiger charge is -1.95. The summed E-state index contributed by atoms with van der Waals surface area (Å²) in [5.41, 5.74) is 0.105. The molecular formula is C10H9N3O5. The van der Waals surface area contributed by atoms with Crippen LogP contribution in [0.25, 0.3) is 11.6 Å². The number of carbonyl (C=O) groups is 1. The van der Waals surface area contributed by atoms with Crippen LogP contribution >= 0.6 is 0 Å². The molecule has 0 aliphatic carbocycles. The summed E-state index contributed by atoms with van der Waals surface area (Å²) >= 11 is 0. The van der Waals surface area contributed by atoms with E-state index in [4.69, 9.17) is 14.3 Å². The van der Waals surface area contributed by atoms with Gasteiger partial charge < -0.3 is 19.2 Å². The minimum atomic E-state index is -1.08. The van der Waals surface area contributed by atoms with E-state index in [1.807, 2.05) is 0 Å². The number of carboxylic acids is 1. The maximum absolute atomic E-state index is 11.1. The van der Waals surface area contributed by atoms with Crippen molar-refractivity contribution >= 4 is 5.97 Å². The van der Waals surface area contributed by atoms with Crippen molar-refractivity contribution in [1.82, 2.24) is 15.2 Å². The van der Waals surface area contributed by atoms with Crippen molar-refractivity contribution in [3.05, 3.63) is 34.4 Å². The van der Waals surface area contributed by atoms with Gasteiger partial charge in [0.25, 0.3) is 5.89 Å². The zero-order valence-electron chi connectivity index (χ0n) is 9.12. The van der Waals surface area contributed by atoms with Gasteiger partial charge in [-0.15, -0.1) is 10.2 Å². The lowest BCUT2D eigenvalue weighted by molar-refractivity contribution is -0.142. The predicted molar refractivity (Wildman–Crippen MR) is 57.6 cm³/mol. The SMILES string of the molecule is O=C(O)COCc1nnc(-c2cccc(=O)[nH]2)o1. The van der Waals surface area contributed by atoms with Crippen LogP contribution in [0.3, 0.4) is 0 Å². The Kier molecular flexibility index (Phi) is 3.49. The fraction of sp³-hybridized carbons (Fsp3) is 0.200. The van der Waals surface area contributed by atoms with Crippen LogP contribution in [-0.4, -0.2) is 32.9 Å². The van der Waals surface area contributed by atoms with Crippen LogP contribution in [0.1, 0.15) is 5.89 Å². The molecule has 0 aliphatic rings. The monoisotopic (exact) mass is 251 g/mol. The molecule has 94 valence electrons. The molecule has 18 heavy (non-hydrogen) atoms. The second-order valence-electron chi connectivity index (χ2n) is 3.32. The van der Waals surface area contributed by atoms with Gasteiger partial charge in [0, 0.05) is 6.07 Å². The van der Waals surface area contributed by atoms with Gasteiger partial charge in [0.2, 0.25) is 11.4 Å². The third kappa shape index (κ3) is 3.01. The molecule has 0 amide bonds. The zero-order valence-corrected chi connectivity index (χ0v) is 9.12. The number of rotatable bonds is 5. The molecule has 2 aromatic rings. The van der Waals surface area contributed by atoms with Crippen molar-refractivity contribution in [3.63, 3.8) is 0 Å². The molecule has 0 aromatic carbocycles. The van der Waals surface area contributed by atoms with Gasteiger partial charge in [-0.05, 0) is 6.07 Å². The molecular weight excluding hydrogens is 242 g/mol. The normalized spacial score (nSPS) is 10.4. The number of pyridine rings is 1. The number of aromatic amines is 1. The smallest absolute Gasteiger partial charge is 0.329 e. The van der Waals surface area contributed by atoms with Crippen molar-refractivity contribution in [2.75, 3.05) is 6.61 Å². The molecule has 0 atom stereocenters. The Balaban J connectivity index is 2.06. The second kappa shape index (κ2) is 5.23. The highest BCUT2D eigenvalue weighted by Crippen LogP contribution is 2.13. The van der Waals surface area contributed by atoms with Gasteiger partial charge in [0.1, 0.15) is 18.9 Å². The topological polar surface area (TPSA) is 118 Å². The molecule has 2 heterocycles. The van der Waals surface area contributed by atoms with E-state index in [2.05, 4.69) is 15.2 Å². The lowest BCUT2D eigenvalue weighted by atomic mass is 10.3. The van der Waals surface area contributed by atoms with Crippen molar-refractivity contribution in [1.29, 1.82) is 0 Å². The molecule has 8 heteroatoms. The molecule has 0 aliphatic heterocycles. The van der Waals surface area contributed by atoms with E-state index in [1.165, 1.54) is 6.07 Å². The van der Waals surface area contributed by atoms with Gasteiger partial charge in [-0.25, -0.2) is 4.79 Å². The number of hydrogen-bond donors (Lipinski definition) is 2. The minimum absolute atomic E-state index is 0.101. The van der Waals surface area contributed by atoms with Crippen LogP contribution in [0.4, 0.5) is 0 Å².